The molecule has 3 N–H and O–H groups in total. The van der Waals surface area contributed by atoms with Crippen LogP contribution in [-0.2, 0) is 65.4 Å². The first-order valence-corrected chi connectivity index (χ1v) is 35.5. The molecule has 81 heavy (non-hydrogen) atoms. The van der Waals surface area contributed by atoms with Gasteiger partial charge in [-0.3, -0.25) is 37.3 Å². The summed E-state index contributed by atoms with van der Waals surface area (Å²) >= 11 is 0. The molecule has 0 amide bonds. The van der Waals surface area contributed by atoms with Gasteiger partial charge in [-0.1, -0.05) is 253 Å². The van der Waals surface area contributed by atoms with Crippen LogP contribution in [0.1, 0.15) is 305 Å². The van der Waals surface area contributed by atoms with E-state index in [2.05, 4.69) is 41.5 Å². The first-order chi connectivity index (χ1) is 38.9. The third-order valence-electron chi connectivity index (χ3n) is 14.2. The number of phosphoric ester groups is 2. The molecule has 0 aromatic carbocycles. The van der Waals surface area contributed by atoms with Crippen LogP contribution in [-0.4, -0.2) is 96.7 Å². The first kappa shape index (κ1) is 79.1. The average Bonchev–Trinajstić information content (AvgIpc) is 3.42. The normalized spacial score (nSPS) is 14.4. The second-order valence-electron chi connectivity index (χ2n) is 23.4. The lowest BCUT2D eigenvalue weighted by Crippen LogP contribution is -2.30. The molecule has 0 radical (unpaired) electrons. The highest BCUT2D eigenvalue weighted by molar-refractivity contribution is 7.47. The van der Waals surface area contributed by atoms with Crippen LogP contribution in [0.3, 0.4) is 0 Å². The van der Waals surface area contributed by atoms with E-state index in [0.29, 0.717) is 25.7 Å². The summed E-state index contributed by atoms with van der Waals surface area (Å²) in [4.78, 5) is 71.9. The fraction of sp³-hybridized carbons (Fsp3) is 0.935. The molecule has 0 heterocycles. The van der Waals surface area contributed by atoms with Gasteiger partial charge in [0.25, 0.3) is 0 Å². The molecule has 0 saturated heterocycles. The largest absolute Gasteiger partial charge is 0.472 e. The Morgan fingerprint density at radius 3 is 0.840 bits per heavy atom. The molecular formula is C62H120O17P2. The van der Waals surface area contributed by atoms with Crippen molar-refractivity contribution >= 4 is 39.5 Å². The van der Waals surface area contributed by atoms with Crippen molar-refractivity contribution in [1.82, 2.24) is 0 Å². The zero-order chi connectivity index (χ0) is 60.1. The van der Waals surface area contributed by atoms with Gasteiger partial charge in [0.15, 0.2) is 12.2 Å². The lowest BCUT2D eigenvalue weighted by atomic mass is 10.0. The molecule has 480 valence electrons. The minimum Gasteiger partial charge on any atom is -0.462 e. The summed E-state index contributed by atoms with van der Waals surface area (Å²) in [6.45, 7) is 9.35. The van der Waals surface area contributed by atoms with Crippen LogP contribution < -0.4 is 0 Å². The smallest absolute Gasteiger partial charge is 0.462 e. The number of phosphoric acid groups is 2. The molecule has 17 nitrogen and oxygen atoms in total. The molecule has 0 aromatic rings. The number of carbonyl (C=O) groups excluding carboxylic acids is 4. The van der Waals surface area contributed by atoms with Crippen molar-refractivity contribution in [2.45, 2.75) is 323 Å². The lowest BCUT2D eigenvalue weighted by Gasteiger charge is -2.21. The Kier molecular flexibility index (Phi) is 53.4. The third-order valence-corrected chi connectivity index (χ3v) is 16.1. The zero-order valence-electron chi connectivity index (χ0n) is 52.1. The minimum absolute atomic E-state index is 0.105. The van der Waals surface area contributed by atoms with E-state index in [1.165, 1.54) is 116 Å². The molecule has 19 heteroatoms. The maximum atomic E-state index is 12.9. The third kappa shape index (κ3) is 56.9. The Labute approximate surface area is 492 Å². The minimum atomic E-state index is -4.94. The Balaban J connectivity index is 5.18. The molecule has 0 aromatic heterocycles. The maximum absolute atomic E-state index is 12.9. The number of ether oxygens (including phenoxy) is 4. The van der Waals surface area contributed by atoms with Crippen molar-refractivity contribution in [3.05, 3.63) is 0 Å². The molecule has 0 aliphatic carbocycles. The average molecular weight is 1200 g/mol. The van der Waals surface area contributed by atoms with Gasteiger partial charge >= 0.3 is 39.5 Å². The summed E-state index contributed by atoms with van der Waals surface area (Å²) in [7, 11) is -9.88. The number of unbranched alkanes of at least 4 members (excludes halogenated alkanes) is 31. The van der Waals surface area contributed by atoms with Gasteiger partial charge in [-0.05, 0) is 37.5 Å². The van der Waals surface area contributed by atoms with Gasteiger partial charge in [-0.15, -0.1) is 0 Å². The molecule has 0 bridgehead atoms. The van der Waals surface area contributed by atoms with Crippen molar-refractivity contribution in [1.29, 1.82) is 0 Å². The summed E-state index contributed by atoms with van der Waals surface area (Å²) in [6, 6.07) is 0. The van der Waals surface area contributed by atoms with Gasteiger partial charge in [0.1, 0.15) is 19.3 Å². The fourth-order valence-electron chi connectivity index (χ4n) is 9.18. The SMILES string of the molecule is CCCCCCCCCCCCCCC(=O)O[C@H](COC(=O)CCCCCCC)COP(=O)(O)OC[C@H](O)COP(=O)(O)OC[C@@H](COC(=O)CCCCCCCCCCCC(C)C)OC(=O)CCCCCCCCCCCC(C)C. The fourth-order valence-corrected chi connectivity index (χ4v) is 10.8. The van der Waals surface area contributed by atoms with Crippen LogP contribution in [0.2, 0.25) is 0 Å². The van der Waals surface area contributed by atoms with E-state index >= 15 is 0 Å². The van der Waals surface area contributed by atoms with Crippen molar-refractivity contribution in [2.24, 2.45) is 11.8 Å². The van der Waals surface area contributed by atoms with E-state index in [-0.39, 0.29) is 25.7 Å². The summed E-state index contributed by atoms with van der Waals surface area (Å²) in [6.07, 6.45) is 36.5. The van der Waals surface area contributed by atoms with E-state index in [1.54, 1.807) is 0 Å². The van der Waals surface area contributed by atoms with Crippen LogP contribution in [0.25, 0.3) is 0 Å². The summed E-state index contributed by atoms with van der Waals surface area (Å²) in [5.74, 6) is -0.667. The molecule has 0 aliphatic rings. The Bertz CT molecular complexity index is 1600. The highest BCUT2D eigenvalue weighted by Gasteiger charge is 2.30. The topological polar surface area (TPSA) is 237 Å². The number of aliphatic hydroxyl groups excluding tert-OH is 1. The predicted molar refractivity (Wildman–Crippen MR) is 321 cm³/mol. The second-order valence-corrected chi connectivity index (χ2v) is 26.3. The molecular weight excluding hydrogens is 1080 g/mol. The second kappa shape index (κ2) is 54.7. The lowest BCUT2D eigenvalue weighted by molar-refractivity contribution is -0.161. The molecule has 5 atom stereocenters. The van der Waals surface area contributed by atoms with Crippen LogP contribution >= 0.6 is 15.6 Å². The quantitative estimate of drug-likeness (QED) is 0.0222. The van der Waals surface area contributed by atoms with Gasteiger partial charge in [-0.2, -0.15) is 0 Å². The number of aliphatic hydroxyl groups is 1. The predicted octanol–water partition coefficient (Wildman–Crippen LogP) is 16.9. The van der Waals surface area contributed by atoms with E-state index in [1.807, 2.05) is 0 Å². The number of hydrogen-bond acceptors (Lipinski definition) is 15. The molecule has 0 fully saturated rings. The van der Waals surface area contributed by atoms with Gasteiger partial charge in [-0.25, -0.2) is 9.13 Å². The number of esters is 4. The van der Waals surface area contributed by atoms with Gasteiger partial charge in [0.05, 0.1) is 26.4 Å². The monoisotopic (exact) mass is 1200 g/mol. The zero-order valence-corrected chi connectivity index (χ0v) is 53.9. The van der Waals surface area contributed by atoms with Crippen molar-refractivity contribution in [3.8, 4) is 0 Å². The van der Waals surface area contributed by atoms with Crippen LogP contribution in [0.4, 0.5) is 0 Å². The molecule has 0 saturated carbocycles. The van der Waals surface area contributed by atoms with Crippen LogP contribution in [0.5, 0.6) is 0 Å². The van der Waals surface area contributed by atoms with Gasteiger partial charge in [0.2, 0.25) is 0 Å². The van der Waals surface area contributed by atoms with E-state index in [0.717, 1.165) is 108 Å². The molecule has 0 spiro atoms. The highest BCUT2D eigenvalue weighted by Crippen LogP contribution is 2.45. The van der Waals surface area contributed by atoms with Crippen LogP contribution in [0.15, 0.2) is 0 Å². The first-order valence-electron chi connectivity index (χ1n) is 32.5. The summed E-state index contributed by atoms with van der Waals surface area (Å²) in [5, 5.41) is 10.5. The Hall–Kier alpha value is -1.94. The van der Waals surface area contributed by atoms with E-state index in [9.17, 15) is 43.2 Å². The Morgan fingerprint density at radius 2 is 0.568 bits per heavy atom. The number of rotatable bonds is 61. The van der Waals surface area contributed by atoms with Gasteiger partial charge < -0.3 is 33.8 Å². The van der Waals surface area contributed by atoms with Crippen molar-refractivity contribution < 1.29 is 80.2 Å². The van der Waals surface area contributed by atoms with E-state index in [4.69, 9.17) is 37.0 Å². The molecule has 0 rings (SSSR count). The number of hydrogen-bond donors (Lipinski definition) is 3. The van der Waals surface area contributed by atoms with Crippen LogP contribution in [0, 0.1) is 11.8 Å². The summed E-state index contributed by atoms with van der Waals surface area (Å²) in [5.41, 5.74) is 0. The highest BCUT2D eigenvalue weighted by atomic mass is 31.2. The Morgan fingerprint density at radius 1 is 0.333 bits per heavy atom. The maximum Gasteiger partial charge on any atom is 0.472 e. The van der Waals surface area contributed by atoms with Crippen molar-refractivity contribution in [2.75, 3.05) is 39.6 Å². The standard InChI is InChI=1S/C62H120O17P2/c1-7-9-11-13-14-15-16-17-22-28-34-40-46-61(66)78-57(50-72-59(64)44-38-30-12-10-8-2)52-76-80(68,69)74-48-56(63)49-75-81(70,71)77-53-58(79-62(67)47-41-35-29-24-19-21-26-32-37-43-55(5)6)51-73-60(65)45-39-33-27-23-18-20-25-31-36-42-54(3)4/h54-58,63H,7-53H2,1-6H3,(H,68,69)(H,70,71)/t56-,57+,58+/m0/s1. The van der Waals surface area contributed by atoms with E-state index < -0.39 is 97.5 Å². The number of carbonyl (C=O) groups is 4. The molecule has 2 unspecified atom stereocenters. The van der Waals surface area contributed by atoms with Gasteiger partial charge in [0, 0.05) is 25.7 Å². The summed E-state index contributed by atoms with van der Waals surface area (Å²) < 4.78 is 67.7. The molecule has 0 aliphatic heterocycles. The van der Waals surface area contributed by atoms with Crippen molar-refractivity contribution in [3.63, 3.8) is 0 Å².